The van der Waals surface area contributed by atoms with Crippen LogP contribution in [0.2, 0.25) is 0 Å². The quantitative estimate of drug-likeness (QED) is 0.489. The minimum absolute atomic E-state index is 0.160. The van der Waals surface area contributed by atoms with E-state index in [4.69, 9.17) is 4.74 Å². The normalized spacial score (nSPS) is 14.3. The van der Waals surface area contributed by atoms with Crippen molar-refractivity contribution < 1.29 is 17.9 Å². The number of aromatic nitrogens is 1. The second-order valence-electron chi connectivity index (χ2n) is 8.33. The van der Waals surface area contributed by atoms with Crippen LogP contribution in [0.4, 0.5) is 11.4 Å². The maximum Gasteiger partial charge on any atom is 0.272 e. The lowest BCUT2D eigenvalue weighted by Crippen LogP contribution is -2.37. The highest BCUT2D eigenvalue weighted by Crippen LogP contribution is 2.31. The van der Waals surface area contributed by atoms with Gasteiger partial charge in [0.15, 0.2) is 0 Å². The van der Waals surface area contributed by atoms with Crippen LogP contribution in [0.15, 0.2) is 71.8 Å². The largest absolute Gasteiger partial charge is 0.378 e. The summed E-state index contributed by atoms with van der Waals surface area (Å²) < 4.78 is 35.1. The molecular formula is C26H32N4O4S. The van der Waals surface area contributed by atoms with E-state index in [2.05, 4.69) is 10.2 Å². The Kier molecular flexibility index (Phi) is 7.90. The van der Waals surface area contributed by atoms with Gasteiger partial charge in [-0.25, -0.2) is 8.42 Å². The first-order valence-corrected chi connectivity index (χ1v) is 13.3. The summed E-state index contributed by atoms with van der Waals surface area (Å²) in [6.07, 6.45) is 1.87. The zero-order valence-electron chi connectivity index (χ0n) is 20.2. The van der Waals surface area contributed by atoms with Gasteiger partial charge in [-0.3, -0.25) is 4.79 Å². The number of hydrogen-bond donors (Lipinski definition) is 1. The van der Waals surface area contributed by atoms with E-state index < -0.39 is 10.0 Å². The summed E-state index contributed by atoms with van der Waals surface area (Å²) in [5.41, 5.74) is 2.83. The first-order valence-electron chi connectivity index (χ1n) is 11.9. The van der Waals surface area contributed by atoms with Crippen molar-refractivity contribution in [1.29, 1.82) is 0 Å². The van der Waals surface area contributed by atoms with E-state index in [1.165, 1.54) is 4.31 Å². The summed E-state index contributed by atoms with van der Waals surface area (Å²) in [5.74, 6) is -0.294. The lowest BCUT2D eigenvalue weighted by molar-refractivity contribution is 0.101. The molecule has 1 amide bonds. The number of anilines is 2. The maximum absolute atomic E-state index is 13.4. The van der Waals surface area contributed by atoms with Crippen LogP contribution in [0.1, 0.15) is 29.9 Å². The second kappa shape index (κ2) is 11.1. The number of rotatable bonds is 9. The molecular weight excluding hydrogens is 464 g/mol. The Hall–Kier alpha value is -3.14. The van der Waals surface area contributed by atoms with Crippen molar-refractivity contribution in [2.24, 2.45) is 0 Å². The van der Waals surface area contributed by atoms with Crippen LogP contribution in [0.3, 0.4) is 0 Å². The van der Waals surface area contributed by atoms with Crippen molar-refractivity contribution in [3.8, 4) is 0 Å². The van der Waals surface area contributed by atoms with Gasteiger partial charge in [0.2, 0.25) is 10.0 Å². The van der Waals surface area contributed by atoms with E-state index in [-0.39, 0.29) is 10.8 Å². The molecule has 0 unspecified atom stereocenters. The van der Waals surface area contributed by atoms with Gasteiger partial charge >= 0.3 is 0 Å². The van der Waals surface area contributed by atoms with Gasteiger partial charge in [0.25, 0.3) is 5.91 Å². The smallest absolute Gasteiger partial charge is 0.272 e. The fourth-order valence-electron chi connectivity index (χ4n) is 4.29. The molecule has 1 aliphatic rings. The molecule has 9 heteroatoms. The first-order chi connectivity index (χ1) is 16.9. The van der Waals surface area contributed by atoms with Crippen LogP contribution >= 0.6 is 0 Å². The second-order valence-corrected chi connectivity index (χ2v) is 10.3. The molecule has 2 heterocycles. The molecule has 186 valence electrons. The van der Waals surface area contributed by atoms with Gasteiger partial charge in [-0.15, -0.1) is 0 Å². The standard InChI is InChI=1S/C26H32N4O4S/c1-3-30(4-2)35(32,33)22-12-13-24(28-15-17-34-18-16-28)23(19-22)27-26(31)25-11-8-14-29(25)20-21-9-6-5-7-10-21/h5-14,19H,3-4,15-18,20H2,1-2H3,(H,27,31). The minimum Gasteiger partial charge on any atom is -0.378 e. The number of nitrogens with one attached hydrogen (secondary N) is 1. The summed E-state index contributed by atoms with van der Waals surface area (Å²) in [5, 5.41) is 3.00. The van der Waals surface area contributed by atoms with Crippen molar-refractivity contribution in [3.63, 3.8) is 0 Å². The fourth-order valence-corrected chi connectivity index (χ4v) is 5.78. The van der Waals surface area contributed by atoms with Crippen LogP contribution in [-0.2, 0) is 21.3 Å². The van der Waals surface area contributed by atoms with Crippen molar-refractivity contribution in [3.05, 3.63) is 78.1 Å². The Morgan fingerprint density at radius 1 is 1.00 bits per heavy atom. The van der Waals surface area contributed by atoms with E-state index in [0.29, 0.717) is 57.3 Å². The Morgan fingerprint density at radius 2 is 1.71 bits per heavy atom. The lowest BCUT2D eigenvalue weighted by Gasteiger charge is -2.31. The summed E-state index contributed by atoms with van der Waals surface area (Å²) >= 11 is 0. The van der Waals surface area contributed by atoms with Gasteiger partial charge in [-0.2, -0.15) is 4.31 Å². The average molecular weight is 497 g/mol. The first kappa shape index (κ1) is 25.0. The molecule has 1 N–H and O–H groups in total. The molecule has 0 aliphatic carbocycles. The maximum atomic E-state index is 13.4. The lowest BCUT2D eigenvalue weighted by atomic mass is 10.2. The number of sulfonamides is 1. The molecule has 0 spiro atoms. The number of carbonyl (C=O) groups is 1. The van der Waals surface area contributed by atoms with Crippen LogP contribution in [0.25, 0.3) is 0 Å². The van der Waals surface area contributed by atoms with Gasteiger partial charge in [0.05, 0.1) is 29.5 Å². The van der Waals surface area contributed by atoms with E-state index in [9.17, 15) is 13.2 Å². The number of benzene rings is 2. The van der Waals surface area contributed by atoms with Gasteiger partial charge in [-0.1, -0.05) is 44.2 Å². The highest BCUT2D eigenvalue weighted by Gasteiger charge is 2.25. The van der Waals surface area contributed by atoms with Gasteiger partial charge in [0.1, 0.15) is 5.69 Å². The van der Waals surface area contributed by atoms with E-state index >= 15 is 0 Å². The van der Waals surface area contributed by atoms with Crippen molar-refractivity contribution in [2.75, 3.05) is 49.6 Å². The molecule has 1 saturated heterocycles. The molecule has 3 aromatic rings. The average Bonchev–Trinajstić information content (AvgIpc) is 3.34. The van der Waals surface area contributed by atoms with Gasteiger partial charge in [-0.05, 0) is 35.9 Å². The Bertz CT molecular complexity index is 1250. The number of morpholine rings is 1. The summed E-state index contributed by atoms with van der Waals surface area (Å²) in [4.78, 5) is 15.7. The van der Waals surface area contributed by atoms with Crippen molar-refractivity contribution in [2.45, 2.75) is 25.3 Å². The number of hydrogen-bond acceptors (Lipinski definition) is 5. The third-order valence-corrected chi connectivity index (χ3v) is 8.21. The van der Waals surface area contributed by atoms with Crippen LogP contribution in [0, 0.1) is 0 Å². The molecule has 35 heavy (non-hydrogen) atoms. The molecule has 8 nitrogen and oxygen atoms in total. The molecule has 0 radical (unpaired) electrons. The molecule has 0 bridgehead atoms. The molecule has 4 rings (SSSR count). The van der Waals surface area contributed by atoms with Gasteiger partial charge in [0, 0.05) is 38.9 Å². The monoisotopic (exact) mass is 496 g/mol. The molecule has 1 aliphatic heterocycles. The van der Waals surface area contributed by atoms with Crippen molar-refractivity contribution in [1.82, 2.24) is 8.87 Å². The van der Waals surface area contributed by atoms with E-state index in [0.717, 1.165) is 11.3 Å². The highest BCUT2D eigenvalue weighted by atomic mass is 32.2. The number of nitrogens with zero attached hydrogens (tertiary/aromatic N) is 3. The van der Waals surface area contributed by atoms with Crippen LogP contribution in [-0.4, -0.2) is 62.6 Å². The van der Waals surface area contributed by atoms with Crippen LogP contribution in [0.5, 0.6) is 0 Å². The van der Waals surface area contributed by atoms with E-state index in [1.807, 2.05) is 61.0 Å². The molecule has 0 saturated carbocycles. The predicted octanol–water partition coefficient (Wildman–Crippen LogP) is 3.66. The highest BCUT2D eigenvalue weighted by molar-refractivity contribution is 7.89. The zero-order valence-corrected chi connectivity index (χ0v) is 21.0. The number of amides is 1. The zero-order chi connectivity index (χ0) is 24.8. The summed E-state index contributed by atoms with van der Waals surface area (Å²) in [6.45, 7) is 7.41. The Morgan fingerprint density at radius 3 is 2.40 bits per heavy atom. The molecule has 2 aromatic carbocycles. The third kappa shape index (κ3) is 5.58. The number of carbonyl (C=O) groups excluding carboxylic acids is 1. The van der Waals surface area contributed by atoms with Gasteiger partial charge < -0.3 is 19.5 Å². The molecule has 0 atom stereocenters. The van der Waals surface area contributed by atoms with Crippen LogP contribution < -0.4 is 10.2 Å². The Balaban J connectivity index is 1.67. The molecule has 1 fully saturated rings. The van der Waals surface area contributed by atoms with Crippen molar-refractivity contribution >= 4 is 27.3 Å². The number of ether oxygens (including phenoxy) is 1. The predicted molar refractivity (Wildman–Crippen MR) is 138 cm³/mol. The fraction of sp³-hybridized carbons (Fsp3) is 0.346. The topological polar surface area (TPSA) is 83.9 Å². The van der Waals surface area contributed by atoms with E-state index in [1.54, 1.807) is 24.3 Å². The molecule has 1 aromatic heterocycles. The summed E-state index contributed by atoms with van der Waals surface area (Å²) in [7, 11) is -3.68. The summed E-state index contributed by atoms with van der Waals surface area (Å²) in [6, 6.07) is 18.5. The SMILES string of the molecule is CCN(CC)S(=O)(=O)c1ccc(N2CCOCC2)c(NC(=O)c2cccn2Cc2ccccc2)c1. The Labute approximate surface area is 207 Å². The minimum atomic E-state index is -3.68. The third-order valence-electron chi connectivity index (χ3n) is 6.17.